The Morgan fingerprint density at radius 2 is 2.11 bits per heavy atom. The molecule has 1 aromatic rings. The SMILES string of the molecule is CC(=O)N1CCC(=O)c2cc(OC(C)C)ccc2C1. The van der Waals surface area contributed by atoms with Gasteiger partial charge in [0.2, 0.25) is 5.91 Å². The van der Waals surface area contributed by atoms with Crippen LogP contribution in [0.4, 0.5) is 0 Å². The fraction of sp³-hybridized carbons (Fsp3) is 0.467. The summed E-state index contributed by atoms with van der Waals surface area (Å²) in [6.45, 7) is 6.42. The first-order valence-corrected chi connectivity index (χ1v) is 6.55. The van der Waals surface area contributed by atoms with Gasteiger partial charge in [-0.2, -0.15) is 0 Å². The van der Waals surface area contributed by atoms with E-state index in [0.717, 1.165) is 5.56 Å². The molecule has 19 heavy (non-hydrogen) atoms. The summed E-state index contributed by atoms with van der Waals surface area (Å²) in [5, 5.41) is 0. The third kappa shape index (κ3) is 3.13. The van der Waals surface area contributed by atoms with Gasteiger partial charge in [-0.15, -0.1) is 0 Å². The van der Waals surface area contributed by atoms with Crippen molar-refractivity contribution < 1.29 is 14.3 Å². The molecule has 1 aliphatic rings. The number of hydrogen-bond acceptors (Lipinski definition) is 3. The molecule has 0 atom stereocenters. The Balaban J connectivity index is 2.32. The Labute approximate surface area is 113 Å². The normalized spacial score (nSPS) is 15.2. The molecule has 0 aliphatic carbocycles. The van der Waals surface area contributed by atoms with Gasteiger partial charge in [0.05, 0.1) is 6.10 Å². The lowest BCUT2D eigenvalue weighted by Gasteiger charge is -2.18. The van der Waals surface area contributed by atoms with Crippen LogP contribution in [0.25, 0.3) is 0 Å². The summed E-state index contributed by atoms with van der Waals surface area (Å²) in [6, 6.07) is 5.53. The first kappa shape index (κ1) is 13.6. The minimum atomic E-state index is 0.00292. The zero-order valence-electron chi connectivity index (χ0n) is 11.6. The van der Waals surface area contributed by atoms with E-state index in [0.29, 0.717) is 30.8 Å². The van der Waals surface area contributed by atoms with Crippen molar-refractivity contribution in [3.8, 4) is 5.75 Å². The van der Waals surface area contributed by atoms with E-state index in [1.165, 1.54) is 6.92 Å². The molecule has 0 saturated heterocycles. The van der Waals surface area contributed by atoms with Gasteiger partial charge in [-0.3, -0.25) is 9.59 Å². The molecule has 1 aromatic carbocycles. The molecule has 2 rings (SSSR count). The Bertz CT molecular complexity index is 508. The van der Waals surface area contributed by atoms with Gasteiger partial charge in [0.1, 0.15) is 5.75 Å². The largest absolute Gasteiger partial charge is 0.491 e. The Morgan fingerprint density at radius 3 is 2.74 bits per heavy atom. The highest BCUT2D eigenvalue weighted by Crippen LogP contribution is 2.24. The standard InChI is InChI=1S/C15H19NO3/c1-10(2)19-13-5-4-12-9-16(11(3)17)7-6-15(18)14(12)8-13/h4-5,8,10H,6-7,9H2,1-3H3. The Kier molecular flexibility index (Phi) is 3.88. The molecule has 1 aliphatic heterocycles. The van der Waals surface area contributed by atoms with E-state index in [9.17, 15) is 9.59 Å². The Morgan fingerprint density at radius 1 is 1.37 bits per heavy atom. The van der Waals surface area contributed by atoms with Crippen LogP contribution in [-0.2, 0) is 11.3 Å². The number of ether oxygens (including phenoxy) is 1. The molecule has 4 heteroatoms. The zero-order chi connectivity index (χ0) is 14.0. The van der Waals surface area contributed by atoms with Crippen molar-refractivity contribution in [1.29, 1.82) is 0 Å². The molecule has 0 bridgehead atoms. The molecular formula is C15H19NO3. The highest BCUT2D eigenvalue weighted by molar-refractivity contribution is 5.98. The van der Waals surface area contributed by atoms with Gasteiger partial charge in [-0.25, -0.2) is 0 Å². The predicted molar refractivity (Wildman–Crippen MR) is 72.2 cm³/mol. The molecule has 1 heterocycles. The summed E-state index contributed by atoms with van der Waals surface area (Å²) in [6.07, 6.45) is 0.449. The number of Topliss-reactive ketones (excluding diaryl/α,β-unsaturated/α-hetero) is 1. The third-order valence-corrected chi connectivity index (χ3v) is 3.17. The first-order valence-electron chi connectivity index (χ1n) is 6.55. The molecule has 0 aromatic heterocycles. The van der Waals surface area contributed by atoms with E-state index in [2.05, 4.69) is 0 Å². The van der Waals surface area contributed by atoms with Crippen LogP contribution in [0, 0.1) is 0 Å². The summed E-state index contributed by atoms with van der Waals surface area (Å²) < 4.78 is 5.61. The van der Waals surface area contributed by atoms with E-state index in [1.807, 2.05) is 26.0 Å². The van der Waals surface area contributed by atoms with Crippen LogP contribution in [0.3, 0.4) is 0 Å². The van der Waals surface area contributed by atoms with Gasteiger partial charge in [-0.05, 0) is 31.5 Å². The summed E-state index contributed by atoms with van der Waals surface area (Å²) in [7, 11) is 0. The van der Waals surface area contributed by atoms with Crippen LogP contribution in [0.15, 0.2) is 18.2 Å². The lowest BCUT2D eigenvalue weighted by Crippen LogP contribution is -2.28. The van der Waals surface area contributed by atoms with Crippen molar-refractivity contribution in [2.45, 2.75) is 39.8 Å². The lowest BCUT2D eigenvalue weighted by atomic mass is 10.0. The number of carbonyl (C=O) groups is 2. The van der Waals surface area contributed by atoms with E-state index < -0.39 is 0 Å². The minimum Gasteiger partial charge on any atom is -0.491 e. The molecule has 0 fully saturated rings. The van der Waals surface area contributed by atoms with Gasteiger partial charge in [-0.1, -0.05) is 6.07 Å². The third-order valence-electron chi connectivity index (χ3n) is 3.17. The molecule has 102 valence electrons. The van der Waals surface area contributed by atoms with E-state index in [4.69, 9.17) is 4.74 Å². The van der Waals surface area contributed by atoms with Crippen molar-refractivity contribution in [2.75, 3.05) is 6.54 Å². The Hall–Kier alpha value is -1.84. The highest BCUT2D eigenvalue weighted by Gasteiger charge is 2.22. The van der Waals surface area contributed by atoms with Gasteiger partial charge >= 0.3 is 0 Å². The monoisotopic (exact) mass is 261 g/mol. The van der Waals surface area contributed by atoms with E-state index in [1.54, 1.807) is 11.0 Å². The number of nitrogens with zero attached hydrogens (tertiary/aromatic N) is 1. The second-order valence-corrected chi connectivity index (χ2v) is 5.10. The van der Waals surface area contributed by atoms with Crippen molar-refractivity contribution in [1.82, 2.24) is 4.90 Å². The maximum atomic E-state index is 12.1. The molecule has 0 spiro atoms. The number of benzene rings is 1. The van der Waals surface area contributed by atoms with Gasteiger partial charge in [0.15, 0.2) is 5.78 Å². The zero-order valence-corrected chi connectivity index (χ0v) is 11.6. The first-order chi connectivity index (χ1) is 8.97. The van der Waals surface area contributed by atoms with Crippen LogP contribution in [0.2, 0.25) is 0 Å². The van der Waals surface area contributed by atoms with Crippen LogP contribution in [0.1, 0.15) is 43.1 Å². The number of fused-ring (bicyclic) bond motifs is 1. The molecule has 0 unspecified atom stereocenters. The number of carbonyl (C=O) groups excluding carboxylic acids is 2. The maximum absolute atomic E-state index is 12.1. The lowest BCUT2D eigenvalue weighted by molar-refractivity contribution is -0.129. The van der Waals surface area contributed by atoms with Crippen molar-refractivity contribution in [3.63, 3.8) is 0 Å². The van der Waals surface area contributed by atoms with Crippen LogP contribution < -0.4 is 4.74 Å². The van der Waals surface area contributed by atoms with Crippen molar-refractivity contribution in [3.05, 3.63) is 29.3 Å². The summed E-state index contributed by atoms with van der Waals surface area (Å²) in [4.78, 5) is 25.3. The average molecular weight is 261 g/mol. The van der Waals surface area contributed by atoms with E-state index >= 15 is 0 Å². The fourth-order valence-corrected chi connectivity index (χ4v) is 2.22. The molecule has 0 saturated carbocycles. The van der Waals surface area contributed by atoms with Crippen LogP contribution >= 0.6 is 0 Å². The second-order valence-electron chi connectivity index (χ2n) is 5.10. The van der Waals surface area contributed by atoms with E-state index in [-0.39, 0.29) is 17.8 Å². The molecule has 4 nitrogen and oxygen atoms in total. The second kappa shape index (κ2) is 5.43. The average Bonchev–Trinajstić information content (AvgIpc) is 2.49. The van der Waals surface area contributed by atoms with Gasteiger partial charge in [0.25, 0.3) is 0 Å². The molecule has 0 radical (unpaired) electrons. The fourth-order valence-electron chi connectivity index (χ4n) is 2.22. The number of hydrogen-bond donors (Lipinski definition) is 0. The number of amides is 1. The number of ketones is 1. The number of rotatable bonds is 2. The molecular weight excluding hydrogens is 242 g/mol. The topological polar surface area (TPSA) is 46.6 Å². The minimum absolute atomic E-state index is 0.00292. The summed E-state index contributed by atoms with van der Waals surface area (Å²) >= 11 is 0. The summed E-state index contributed by atoms with van der Waals surface area (Å²) in [5.41, 5.74) is 1.58. The highest BCUT2D eigenvalue weighted by atomic mass is 16.5. The van der Waals surface area contributed by atoms with Crippen LogP contribution in [-0.4, -0.2) is 29.2 Å². The maximum Gasteiger partial charge on any atom is 0.219 e. The molecule has 0 N–H and O–H groups in total. The van der Waals surface area contributed by atoms with Gasteiger partial charge in [0, 0.05) is 32.0 Å². The van der Waals surface area contributed by atoms with Gasteiger partial charge < -0.3 is 9.64 Å². The van der Waals surface area contributed by atoms with Crippen molar-refractivity contribution >= 4 is 11.7 Å². The molecule has 1 amide bonds. The quantitative estimate of drug-likeness (QED) is 0.821. The predicted octanol–water partition coefficient (Wildman–Crippen LogP) is 2.41. The van der Waals surface area contributed by atoms with Crippen LogP contribution in [0.5, 0.6) is 5.75 Å². The van der Waals surface area contributed by atoms with Crippen molar-refractivity contribution in [2.24, 2.45) is 0 Å². The summed E-state index contributed by atoms with van der Waals surface area (Å²) in [5.74, 6) is 0.787. The smallest absolute Gasteiger partial charge is 0.219 e.